The van der Waals surface area contributed by atoms with Gasteiger partial charge in [-0.1, -0.05) is 0 Å². The van der Waals surface area contributed by atoms with Crippen molar-refractivity contribution in [3.05, 3.63) is 39.3 Å². The number of ether oxygens (including phenoxy) is 1. The third-order valence-electron chi connectivity index (χ3n) is 6.77. The molecule has 2 aliphatic heterocycles. The number of fused-ring (bicyclic) bond motifs is 3. The maximum Gasteiger partial charge on any atom is 0.149 e. The predicted molar refractivity (Wildman–Crippen MR) is 114 cm³/mol. The summed E-state index contributed by atoms with van der Waals surface area (Å²) in [5.74, 6) is 0.127. The van der Waals surface area contributed by atoms with Crippen molar-refractivity contribution in [3.63, 3.8) is 0 Å². The summed E-state index contributed by atoms with van der Waals surface area (Å²) < 4.78 is 31.0. The van der Waals surface area contributed by atoms with E-state index in [0.29, 0.717) is 12.0 Å². The van der Waals surface area contributed by atoms with E-state index >= 15 is 0 Å². The van der Waals surface area contributed by atoms with Gasteiger partial charge in [0, 0.05) is 52.8 Å². The van der Waals surface area contributed by atoms with E-state index in [1.54, 1.807) is 10.2 Å². The van der Waals surface area contributed by atoms with Gasteiger partial charge in [-0.25, -0.2) is 8.42 Å². The van der Waals surface area contributed by atoms with Gasteiger partial charge in [0.15, 0.2) is 0 Å². The second-order valence-electron chi connectivity index (χ2n) is 9.18. The highest BCUT2D eigenvalue weighted by molar-refractivity contribution is 7.90. The van der Waals surface area contributed by atoms with Gasteiger partial charge in [0.1, 0.15) is 15.4 Å². The Labute approximate surface area is 176 Å². The first-order valence-corrected chi connectivity index (χ1v) is 13.3. The molecule has 0 unspecified atom stereocenters. The standard InChI is InChI=1S/C21H29N3O3S2/c1-16-11-18-19(28-16)21(27-15-20(18)3-4-20)5-7-23(8-6-21)13-17-12-22-24(14-17)9-10-29(2,25)26/h11-12,14H,3-10,13,15H2,1-2H3. The molecule has 1 saturated heterocycles. The van der Waals surface area contributed by atoms with Crippen molar-refractivity contribution in [2.24, 2.45) is 0 Å². The lowest BCUT2D eigenvalue weighted by molar-refractivity contribution is -0.107. The molecule has 2 spiro atoms. The predicted octanol–water partition coefficient (Wildman–Crippen LogP) is 2.85. The molecule has 3 aliphatic rings. The number of nitrogens with zero attached hydrogens (tertiary/aromatic N) is 3. The number of aromatic nitrogens is 2. The maximum absolute atomic E-state index is 11.3. The normalized spacial score (nSPS) is 22.8. The van der Waals surface area contributed by atoms with E-state index in [-0.39, 0.29) is 11.4 Å². The van der Waals surface area contributed by atoms with Gasteiger partial charge in [-0.05, 0) is 44.2 Å². The number of rotatable bonds is 5. The van der Waals surface area contributed by atoms with Crippen molar-refractivity contribution in [1.29, 1.82) is 0 Å². The van der Waals surface area contributed by atoms with E-state index in [1.165, 1.54) is 28.9 Å². The van der Waals surface area contributed by atoms with Crippen LogP contribution >= 0.6 is 11.3 Å². The lowest BCUT2D eigenvalue weighted by Gasteiger charge is -2.45. The first-order valence-electron chi connectivity index (χ1n) is 10.4. The van der Waals surface area contributed by atoms with Crippen LogP contribution in [-0.4, -0.2) is 54.8 Å². The Morgan fingerprint density at radius 1 is 1.24 bits per heavy atom. The van der Waals surface area contributed by atoms with Crippen molar-refractivity contribution in [3.8, 4) is 0 Å². The van der Waals surface area contributed by atoms with Crippen LogP contribution in [0.2, 0.25) is 0 Å². The van der Waals surface area contributed by atoms with Gasteiger partial charge < -0.3 is 4.74 Å². The molecule has 158 valence electrons. The second-order valence-corrected chi connectivity index (χ2v) is 12.7. The monoisotopic (exact) mass is 435 g/mol. The largest absolute Gasteiger partial charge is 0.368 e. The second kappa shape index (κ2) is 6.90. The van der Waals surface area contributed by atoms with E-state index in [0.717, 1.165) is 44.6 Å². The zero-order valence-electron chi connectivity index (χ0n) is 17.2. The summed E-state index contributed by atoms with van der Waals surface area (Å²) in [5, 5.41) is 4.33. The molecule has 0 amide bonds. The van der Waals surface area contributed by atoms with Gasteiger partial charge in [-0.2, -0.15) is 5.10 Å². The lowest BCUT2D eigenvalue weighted by Crippen LogP contribution is -2.47. The van der Waals surface area contributed by atoms with E-state index < -0.39 is 9.84 Å². The average Bonchev–Trinajstić information content (AvgIpc) is 3.10. The number of hydrogen-bond donors (Lipinski definition) is 0. The van der Waals surface area contributed by atoms with E-state index in [1.807, 2.05) is 23.7 Å². The minimum absolute atomic E-state index is 0.0851. The highest BCUT2D eigenvalue weighted by Crippen LogP contribution is 2.59. The summed E-state index contributed by atoms with van der Waals surface area (Å²) in [7, 11) is -2.97. The summed E-state index contributed by atoms with van der Waals surface area (Å²) in [4.78, 5) is 5.39. The van der Waals surface area contributed by atoms with Crippen molar-refractivity contribution >= 4 is 21.2 Å². The van der Waals surface area contributed by atoms with Crippen molar-refractivity contribution in [2.45, 2.75) is 56.7 Å². The molecule has 0 atom stereocenters. The van der Waals surface area contributed by atoms with Gasteiger partial charge in [-0.3, -0.25) is 9.58 Å². The van der Waals surface area contributed by atoms with Crippen molar-refractivity contribution < 1.29 is 13.2 Å². The van der Waals surface area contributed by atoms with Crippen LogP contribution in [0.5, 0.6) is 0 Å². The fraction of sp³-hybridized carbons (Fsp3) is 0.667. The molecule has 2 aromatic heterocycles. The summed E-state index contributed by atoms with van der Waals surface area (Å²) in [6, 6.07) is 2.43. The highest BCUT2D eigenvalue weighted by atomic mass is 32.2. The summed E-state index contributed by atoms with van der Waals surface area (Å²) in [5.41, 5.74) is 2.98. The molecule has 2 aromatic rings. The van der Waals surface area contributed by atoms with Crippen LogP contribution in [0.25, 0.3) is 0 Å². The minimum Gasteiger partial charge on any atom is -0.368 e. The number of aryl methyl sites for hydroxylation is 2. The number of hydrogen-bond acceptors (Lipinski definition) is 6. The van der Waals surface area contributed by atoms with Crippen molar-refractivity contribution in [1.82, 2.24) is 14.7 Å². The van der Waals surface area contributed by atoms with Gasteiger partial charge >= 0.3 is 0 Å². The van der Waals surface area contributed by atoms with Gasteiger partial charge in [0.05, 0.1) is 25.1 Å². The molecule has 4 heterocycles. The zero-order valence-corrected chi connectivity index (χ0v) is 18.8. The van der Waals surface area contributed by atoms with Gasteiger partial charge in [0.25, 0.3) is 0 Å². The maximum atomic E-state index is 11.3. The van der Waals surface area contributed by atoms with Crippen LogP contribution in [-0.2, 0) is 38.7 Å². The number of likely N-dealkylation sites (tertiary alicyclic amines) is 1. The van der Waals surface area contributed by atoms with Crippen LogP contribution in [0.1, 0.15) is 46.6 Å². The quantitative estimate of drug-likeness (QED) is 0.723. The summed E-state index contributed by atoms with van der Waals surface area (Å²) >= 11 is 1.95. The Balaban J connectivity index is 1.23. The first kappa shape index (κ1) is 19.7. The third-order valence-corrected chi connectivity index (χ3v) is 8.93. The Bertz CT molecular complexity index is 1010. The molecular formula is C21H29N3O3S2. The fourth-order valence-corrected chi connectivity index (χ4v) is 6.65. The fourth-order valence-electron chi connectivity index (χ4n) is 4.80. The Hall–Kier alpha value is -1.22. The average molecular weight is 436 g/mol. The molecule has 29 heavy (non-hydrogen) atoms. The van der Waals surface area contributed by atoms with Gasteiger partial charge in [0.2, 0.25) is 0 Å². The van der Waals surface area contributed by atoms with Crippen LogP contribution in [0, 0.1) is 6.92 Å². The molecule has 0 aromatic carbocycles. The molecule has 0 N–H and O–H groups in total. The van der Waals surface area contributed by atoms with Crippen LogP contribution < -0.4 is 0 Å². The Morgan fingerprint density at radius 3 is 2.69 bits per heavy atom. The lowest BCUT2D eigenvalue weighted by atomic mass is 9.81. The number of piperidine rings is 1. The van der Waals surface area contributed by atoms with Crippen LogP contribution in [0.15, 0.2) is 18.5 Å². The Kier molecular flexibility index (Phi) is 4.70. The van der Waals surface area contributed by atoms with Crippen LogP contribution in [0.4, 0.5) is 0 Å². The molecule has 8 heteroatoms. The third kappa shape index (κ3) is 3.80. The van der Waals surface area contributed by atoms with E-state index in [2.05, 4.69) is 23.0 Å². The Morgan fingerprint density at radius 2 is 2.00 bits per heavy atom. The SMILES string of the molecule is Cc1cc2c(s1)C1(CCN(Cc3cnn(CCS(C)(=O)=O)c3)CC1)OCC21CC1. The topological polar surface area (TPSA) is 64.4 Å². The van der Waals surface area contributed by atoms with Gasteiger partial charge in [-0.15, -0.1) is 11.3 Å². The highest BCUT2D eigenvalue weighted by Gasteiger charge is 2.55. The minimum atomic E-state index is -2.97. The molecule has 1 aliphatic carbocycles. The van der Waals surface area contributed by atoms with E-state index in [9.17, 15) is 8.42 Å². The summed E-state index contributed by atoms with van der Waals surface area (Å²) in [6.45, 7) is 6.41. The smallest absolute Gasteiger partial charge is 0.149 e. The molecule has 5 rings (SSSR count). The van der Waals surface area contributed by atoms with Crippen molar-refractivity contribution in [2.75, 3.05) is 31.7 Å². The molecule has 6 nitrogen and oxygen atoms in total. The molecule has 0 radical (unpaired) electrons. The van der Waals surface area contributed by atoms with Crippen LogP contribution in [0.3, 0.4) is 0 Å². The zero-order chi connectivity index (χ0) is 20.3. The molecule has 2 fully saturated rings. The van der Waals surface area contributed by atoms with E-state index in [4.69, 9.17) is 4.74 Å². The molecule has 1 saturated carbocycles. The molecular weight excluding hydrogens is 406 g/mol. The molecule has 0 bridgehead atoms. The summed E-state index contributed by atoms with van der Waals surface area (Å²) in [6.07, 6.45) is 9.74. The number of thiophene rings is 1. The first-order chi connectivity index (χ1) is 13.8. The number of sulfone groups is 1.